The van der Waals surface area contributed by atoms with Gasteiger partial charge in [0.1, 0.15) is 6.61 Å². The van der Waals surface area contributed by atoms with Crippen LogP contribution in [0.2, 0.25) is 0 Å². The maximum atomic E-state index is 12.9. The number of nitrogens with one attached hydrogen (secondary N) is 1. The molecule has 1 aromatic heterocycles. The number of rotatable bonds is 7. The minimum atomic E-state index is -0.128. The van der Waals surface area contributed by atoms with Crippen molar-refractivity contribution < 1.29 is 14.3 Å². The highest BCUT2D eigenvalue weighted by Gasteiger charge is 2.49. The lowest BCUT2D eigenvalue weighted by atomic mass is 9.84. The molecule has 1 aromatic carbocycles. The summed E-state index contributed by atoms with van der Waals surface area (Å²) in [5, 5.41) is 3.16. The average Bonchev–Trinajstić information content (AvgIpc) is 3.34. The Morgan fingerprint density at radius 2 is 1.97 bits per heavy atom. The largest absolute Gasteiger partial charge is 0.493 e. The van der Waals surface area contributed by atoms with Gasteiger partial charge in [-0.25, -0.2) is 0 Å². The van der Waals surface area contributed by atoms with Crippen molar-refractivity contribution in [2.24, 2.45) is 23.5 Å². The van der Waals surface area contributed by atoms with E-state index in [9.17, 15) is 4.79 Å². The van der Waals surface area contributed by atoms with E-state index in [1.54, 1.807) is 19.5 Å². The van der Waals surface area contributed by atoms with Crippen LogP contribution in [0.15, 0.2) is 42.7 Å². The second kappa shape index (κ2) is 8.41. The lowest BCUT2D eigenvalue weighted by Gasteiger charge is -2.28. The number of nitrogens with two attached hydrogens (primary N) is 1. The Labute approximate surface area is 171 Å². The van der Waals surface area contributed by atoms with Crippen LogP contribution in [0.3, 0.4) is 0 Å². The Morgan fingerprint density at radius 1 is 1.21 bits per heavy atom. The molecule has 6 nitrogen and oxygen atoms in total. The van der Waals surface area contributed by atoms with Gasteiger partial charge in [-0.1, -0.05) is 6.07 Å². The molecular weight excluding hydrogens is 366 g/mol. The van der Waals surface area contributed by atoms with Crippen LogP contribution < -0.4 is 20.5 Å². The summed E-state index contributed by atoms with van der Waals surface area (Å²) in [6, 6.07) is 9.49. The molecule has 2 saturated carbocycles. The first-order valence-electron chi connectivity index (χ1n) is 10.3. The van der Waals surface area contributed by atoms with E-state index in [2.05, 4.69) is 10.3 Å². The first-order chi connectivity index (χ1) is 14.1. The first-order valence-corrected chi connectivity index (χ1v) is 10.3. The zero-order valence-electron chi connectivity index (χ0n) is 17.0. The lowest BCUT2D eigenvalue weighted by molar-refractivity contribution is -0.127. The fourth-order valence-corrected chi connectivity index (χ4v) is 4.83. The van der Waals surface area contributed by atoms with Crippen molar-refractivity contribution in [1.29, 1.82) is 0 Å². The molecule has 5 atom stereocenters. The highest BCUT2D eigenvalue weighted by Crippen LogP contribution is 2.47. The van der Waals surface area contributed by atoms with E-state index in [-0.39, 0.29) is 23.9 Å². The monoisotopic (exact) mass is 395 g/mol. The van der Waals surface area contributed by atoms with Gasteiger partial charge >= 0.3 is 0 Å². The van der Waals surface area contributed by atoms with Gasteiger partial charge in [-0.3, -0.25) is 9.78 Å². The van der Waals surface area contributed by atoms with E-state index in [0.29, 0.717) is 29.9 Å². The molecular formula is C23H29N3O3. The number of amides is 1. The molecule has 3 N–H and O–H groups in total. The van der Waals surface area contributed by atoms with Crippen LogP contribution in [0, 0.1) is 17.8 Å². The van der Waals surface area contributed by atoms with Crippen LogP contribution in [-0.4, -0.2) is 24.0 Å². The molecule has 29 heavy (non-hydrogen) atoms. The number of aromatic nitrogens is 1. The fourth-order valence-electron chi connectivity index (χ4n) is 4.83. The standard InChI is InChI=1S/C23H29N3O3/c1-14(26-23(27)21-17-3-4-18(11-17)22(21)24)16-5-6-19(20(12-16)28-2)29-13-15-7-9-25-10-8-15/h5-10,12,14,17-18,21-22H,3-4,11,13,24H2,1-2H3,(H,26,27). The Morgan fingerprint density at radius 3 is 2.66 bits per heavy atom. The zero-order valence-corrected chi connectivity index (χ0v) is 17.0. The number of hydrogen-bond donors (Lipinski definition) is 2. The van der Waals surface area contributed by atoms with Crippen molar-refractivity contribution in [2.45, 2.75) is 44.9 Å². The maximum absolute atomic E-state index is 12.9. The predicted octanol–water partition coefficient (Wildman–Crippen LogP) is 3.22. The van der Waals surface area contributed by atoms with Gasteiger partial charge in [-0.15, -0.1) is 0 Å². The quantitative estimate of drug-likeness (QED) is 0.752. The average molecular weight is 396 g/mol. The molecule has 1 amide bonds. The number of nitrogens with zero attached hydrogens (tertiary/aromatic N) is 1. The molecule has 1 heterocycles. The number of methoxy groups -OCH3 is 1. The minimum Gasteiger partial charge on any atom is -0.493 e. The molecule has 2 aliphatic rings. The van der Waals surface area contributed by atoms with Gasteiger partial charge in [0.15, 0.2) is 11.5 Å². The van der Waals surface area contributed by atoms with Crippen molar-refractivity contribution in [1.82, 2.24) is 10.3 Å². The van der Waals surface area contributed by atoms with Crippen LogP contribution >= 0.6 is 0 Å². The van der Waals surface area contributed by atoms with Gasteiger partial charge in [-0.05, 0) is 73.4 Å². The normalized spacial score (nSPS) is 26.2. The number of pyridine rings is 1. The van der Waals surface area contributed by atoms with Gasteiger partial charge in [0, 0.05) is 18.4 Å². The summed E-state index contributed by atoms with van der Waals surface area (Å²) in [6.07, 6.45) is 6.88. The Hall–Kier alpha value is -2.60. The summed E-state index contributed by atoms with van der Waals surface area (Å²) >= 11 is 0. The third kappa shape index (κ3) is 4.08. The Kier molecular flexibility index (Phi) is 5.72. The summed E-state index contributed by atoms with van der Waals surface area (Å²) < 4.78 is 11.4. The van der Waals surface area contributed by atoms with Gasteiger partial charge < -0.3 is 20.5 Å². The molecule has 0 aliphatic heterocycles. The number of carbonyl (C=O) groups excluding carboxylic acids is 1. The molecule has 2 bridgehead atoms. The molecule has 2 aliphatic carbocycles. The number of carbonyl (C=O) groups is 1. The third-order valence-corrected chi connectivity index (χ3v) is 6.47. The SMILES string of the molecule is COc1cc(C(C)NC(=O)C2C3CCC(C3)C2N)ccc1OCc1ccncc1. The maximum Gasteiger partial charge on any atom is 0.225 e. The molecule has 4 rings (SSSR count). The van der Waals surface area contributed by atoms with E-state index >= 15 is 0 Å². The van der Waals surface area contributed by atoms with Crippen molar-refractivity contribution in [2.75, 3.05) is 7.11 Å². The minimum absolute atomic E-state index is 0.000511. The van der Waals surface area contributed by atoms with E-state index in [0.717, 1.165) is 24.0 Å². The van der Waals surface area contributed by atoms with E-state index < -0.39 is 0 Å². The Balaban J connectivity index is 1.40. The molecule has 2 aromatic rings. The molecule has 0 saturated heterocycles. The molecule has 154 valence electrons. The second-order valence-electron chi connectivity index (χ2n) is 8.22. The van der Waals surface area contributed by atoms with Gasteiger partial charge in [0.05, 0.1) is 19.1 Å². The van der Waals surface area contributed by atoms with Crippen LogP contribution in [0.5, 0.6) is 11.5 Å². The summed E-state index contributed by atoms with van der Waals surface area (Å²) in [5.74, 6) is 2.30. The highest BCUT2D eigenvalue weighted by atomic mass is 16.5. The van der Waals surface area contributed by atoms with Gasteiger partial charge in [0.25, 0.3) is 0 Å². The summed E-state index contributed by atoms with van der Waals surface area (Å²) in [6.45, 7) is 2.43. The Bertz CT molecular complexity index is 856. The van der Waals surface area contributed by atoms with Crippen molar-refractivity contribution in [3.05, 3.63) is 53.9 Å². The predicted molar refractivity (Wildman–Crippen MR) is 110 cm³/mol. The highest BCUT2D eigenvalue weighted by molar-refractivity contribution is 5.81. The van der Waals surface area contributed by atoms with Crippen LogP contribution in [-0.2, 0) is 11.4 Å². The number of ether oxygens (including phenoxy) is 2. The molecule has 6 heteroatoms. The van der Waals surface area contributed by atoms with E-state index in [1.807, 2.05) is 37.3 Å². The van der Waals surface area contributed by atoms with E-state index in [1.165, 1.54) is 6.42 Å². The zero-order chi connectivity index (χ0) is 20.4. The van der Waals surface area contributed by atoms with E-state index in [4.69, 9.17) is 15.2 Å². The smallest absolute Gasteiger partial charge is 0.225 e. The molecule has 0 spiro atoms. The second-order valence-corrected chi connectivity index (χ2v) is 8.22. The van der Waals surface area contributed by atoms with Crippen LogP contribution in [0.25, 0.3) is 0 Å². The number of benzene rings is 1. The third-order valence-electron chi connectivity index (χ3n) is 6.47. The molecule has 0 radical (unpaired) electrons. The van der Waals surface area contributed by atoms with Crippen LogP contribution in [0.1, 0.15) is 43.4 Å². The van der Waals surface area contributed by atoms with Gasteiger partial charge in [-0.2, -0.15) is 0 Å². The lowest BCUT2D eigenvalue weighted by Crippen LogP contribution is -2.45. The summed E-state index contributed by atoms with van der Waals surface area (Å²) in [7, 11) is 1.62. The van der Waals surface area contributed by atoms with Crippen LogP contribution in [0.4, 0.5) is 0 Å². The summed E-state index contributed by atoms with van der Waals surface area (Å²) in [4.78, 5) is 16.9. The van der Waals surface area contributed by atoms with Gasteiger partial charge in [0.2, 0.25) is 5.91 Å². The molecule has 2 fully saturated rings. The topological polar surface area (TPSA) is 86.5 Å². The van der Waals surface area contributed by atoms with Crippen molar-refractivity contribution in [3.8, 4) is 11.5 Å². The number of fused-ring (bicyclic) bond motifs is 2. The number of hydrogen-bond acceptors (Lipinski definition) is 5. The van der Waals surface area contributed by atoms with Crippen molar-refractivity contribution in [3.63, 3.8) is 0 Å². The molecule has 5 unspecified atom stereocenters. The fraction of sp³-hybridized carbons (Fsp3) is 0.478. The summed E-state index contributed by atoms with van der Waals surface area (Å²) in [5.41, 5.74) is 8.34. The first kappa shape index (κ1) is 19.7. The van der Waals surface area contributed by atoms with Crippen molar-refractivity contribution >= 4 is 5.91 Å².